The molecule has 0 bridgehead atoms. The number of rotatable bonds is 1. The van der Waals surface area contributed by atoms with Crippen LogP contribution in [0.25, 0.3) is 0 Å². The summed E-state index contributed by atoms with van der Waals surface area (Å²) in [5.74, 6) is -0.117. The van der Waals surface area contributed by atoms with Crippen molar-refractivity contribution in [3.05, 3.63) is 24.0 Å². The second kappa shape index (κ2) is 4.49. The fourth-order valence-corrected chi connectivity index (χ4v) is 1.76. The average Bonchev–Trinajstić information content (AvgIpc) is 2.29. The SMILES string of the molecule is CC1COCCN1C(=O)c1ncccc1N. The lowest BCUT2D eigenvalue weighted by Crippen LogP contribution is -2.47. The number of nitrogens with two attached hydrogens (primary N) is 1. The molecule has 2 N–H and O–H groups in total. The highest BCUT2D eigenvalue weighted by molar-refractivity contribution is 5.97. The minimum absolute atomic E-state index is 0.0719. The van der Waals surface area contributed by atoms with E-state index in [1.807, 2.05) is 6.92 Å². The van der Waals surface area contributed by atoms with Gasteiger partial charge in [-0.15, -0.1) is 0 Å². The maximum Gasteiger partial charge on any atom is 0.274 e. The van der Waals surface area contributed by atoms with Gasteiger partial charge in [0.05, 0.1) is 24.9 Å². The van der Waals surface area contributed by atoms with Crippen molar-refractivity contribution in [2.45, 2.75) is 13.0 Å². The van der Waals surface area contributed by atoms with E-state index in [0.717, 1.165) is 0 Å². The zero-order valence-corrected chi connectivity index (χ0v) is 9.22. The fourth-order valence-electron chi connectivity index (χ4n) is 1.76. The molecule has 0 aromatic carbocycles. The van der Waals surface area contributed by atoms with E-state index in [2.05, 4.69) is 4.98 Å². The van der Waals surface area contributed by atoms with E-state index in [-0.39, 0.29) is 11.9 Å². The number of aromatic nitrogens is 1. The Balaban J connectivity index is 2.21. The van der Waals surface area contributed by atoms with Crippen molar-refractivity contribution in [1.82, 2.24) is 9.88 Å². The van der Waals surface area contributed by atoms with Crippen molar-refractivity contribution in [1.29, 1.82) is 0 Å². The van der Waals surface area contributed by atoms with Crippen LogP contribution in [0.2, 0.25) is 0 Å². The second-order valence-corrected chi connectivity index (χ2v) is 3.86. The number of ether oxygens (including phenoxy) is 1. The molecule has 1 amide bonds. The summed E-state index contributed by atoms with van der Waals surface area (Å²) < 4.78 is 5.28. The van der Waals surface area contributed by atoms with Gasteiger partial charge in [0.1, 0.15) is 0 Å². The first-order chi connectivity index (χ1) is 7.70. The first-order valence-corrected chi connectivity index (χ1v) is 5.29. The Hall–Kier alpha value is -1.62. The first kappa shape index (κ1) is 10.9. The highest BCUT2D eigenvalue weighted by atomic mass is 16.5. The molecule has 16 heavy (non-hydrogen) atoms. The topological polar surface area (TPSA) is 68.5 Å². The minimum atomic E-state index is -0.117. The molecule has 1 fully saturated rings. The Kier molecular flexibility index (Phi) is 3.05. The van der Waals surface area contributed by atoms with Crippen molar-refractivity contribution < 1.29 is 9.53 Å². The van der Waals surface area contributed by atoms with Crippen LogP contribution in [0.15, 0.2) is 18.3 Å². The molecule has 0 radical (unpaired) electrons. The number of amides is 1. The highest BCUT2D eigenvalue weighted by Gasteiger charge is 2.26. The monoisotopic (exact) mass is 221 g/mol. The predicted octanol–water partition coefficient (Wildman–Crippen LogP) is 0.525. The molecule has 5 heteroatoms. The van der Waals surface area contributed by atoms with Gasteiger partial charge in [0.2, 0.25) is 0 Å². The first-order valence-electron chi connectivity index (χ1n) is 5.29. The van der Waals surface area contributed by atoms with Crippen LogP contribution in [0.4, 0.5) is 5.69 Å². The summed E-state index contributed by atoms with van der Waals surface area (Å²) in [6.07, 6.45) is 1.58. The molecule has 1 aromatic rings. The van der Waals surface area contributed by atoms with Crippen LogP contribution in [0.5, 0.6) is 0 Å². The van der Waals surface area contributed by atoms with Gasteiger partial charge in [0.25, 0.3) is 5.91 Å². The smallest absolute Gasteiger partial charge is 0.274 e. The summed E-state index contributed by atoms with van der Waals surface area (Å²) >= 11 is 0. The van der Waals surface area contributed by atoms with Crippen LogP contribution in [0.3, 0.4) is 0 Å². The maximum absolute atomic E-state index is 12.2. The van der Waals surface area contributed by atoms with E-state index >= 15 is 0 Å². The molecule has 86 valence electrons. The molecule has 1 saturated heterocycles. The van der Waals surface area contributed by atoms with Gasteiger partial charge in [-0.2, -0.15) is 0 Å². The maximum atomic E-state index is 12.2. The number of carbonyl (C=O) groups is 1. The lowest BCUT2D eigenvalue weighted by Gasteiger charge is -2.33. The third-order valence-corrected chi connectivity index (χ3v) is 2.67. The van der Waals surface area contributed by atoms with Crippen LogP contribution in [0, 0.1) is 0 Å². The summed E-state index contributed by atoms with van der Waals surface area (Å²) in [4.78, 5) is 17.9. The Morgan fingerprint density at radius 3 is 3.19 bits per heavy atom. The van der Waals surface area contributed by atoms with Gasteiger partial charge < -0.3 is 15.4 Å². The van der Waals surface area contributed by atoms with Crippen molar-refractivity contribution in [2.24, 2.45) is 0 Å². The summed E-state index contributed by atoms with van der Waals surface area (Å²) in [7, 11) is 0. The summed E-state index contributed by atoms with van der Waals surface area (Å²) in [5, 5.41) is 0. The van der Waals surface area contributed by atoms with Crippen molar-refractivity contribution in [3.63, 3.8) is 0 Å². The number of nitrogen functional groups attached to an aromatic ring is 1. The molecule has 0 aliphatic carbocycles. The van der Waals surface area contributed by atoms with Crippen LogP contribution >= 0.6 is 0 Å². The standard InChI is InChI=1S/C11H15N3O2/c1-8-7-16-6-5-14(8)11(15)10-9(12)3-2-4-13-10/h2-4,8H,5-7,12H2,1H3. The Morgan fingerprint density at radius 1 is 1.69 bits per heavy atom. The van der Waals surface area contributed by atoms with Gasteiger partial charge in [-0.3, -0.25) is 4.79 Å². The largest absolute Gasteiger partial charge is 0.397 e. The number of morpholine rings is 1. The van der Waals surface area contributed by atoms with E-state index in [4.69, 9.17) is 10.5 Å². The zero-order chi connectivity index (χ0) is 11.5. The van der Waals surface area contributed by atoms with Gasteiger partial charge in [-0.1, -0.05) is 0 Å². The zero-order valence-electron chi connectivity index (χ0n) is 9.22. The van der Waals surface area contributed by atoms with Gasteiger partial charge in [0, 0.05) is 12.7 Å². The third-order valence-electron chi connectivity index (χ3n) is 2.67. The highest BCUT2D eigenvalue weighted by Crippen LogP contribution is 2.14. The quantitative estimate of drug-likeness (QED) is 0.750. The molecule has 2 rings (SSSR count). The third kappa shape index (κ3) is 1.99. The van der Waals surface area contributed by atoms with Crippen LogP contribution in [0.1, 0.15) is 17.4 Å². The molecule has 5 nitrogen and oxygen atoms in total. The van der Waals surface area contributed by atoms with Crippen molar-refractivity contribution in [2.75, 3.05) is 25.5 Å². The number of anilines is 1. The van der Waals surface area contributed by atoms with E-state index in [9.17, 15) is 4.79 Å². The lowest BCUT2D eigenvalue weighted by molar-refractivity contribution is 0.00333. The van der Waals surface area contributed by atoms with E-state index in [1.54, 1.807) is 23.2 Å². The van der Waals surface area contributed by atoms with Gasteiger partial charge >= 0.3 is 0 Å². The molecule has 1 aliphatic heterocycles. The van der Waals surface area contributed by atoms with Crippen LogP contribution in [-0.2, 0) is 4.74 Å². The average molecular weight is 221 g/mol. The van der Waals surface area contributed by atoms with Gasteiger partial charge in [-0.25, -0.2) is 4.98 Å². The van der Waals surface area contributed by atoms with E-state index in [1.165, 1.54) is 0 Å². The van der Waals surface area contributed by atoms with Crippen LogP contribution in [-0.4, -0.2) is 41.6 Å². The minimum Gasteiger partial charge on any atom is -0.397 e. The molecule has 1 unspecified atom stereocenters. The number of carbonyl (C=O) groups excluding carboxylic acids is 1. The predicted molar refractivity (Wildman–Crippen MR) is 60.0 cm³/mol. The summed E-state index contributed by atoms with van der Waals surface area (Å²) in [6.45, 7) is 3.69. The fraction of sp³-hybridized carbons (Fsp3) is 0.455. The van der Waals surface area contributed by atoms with Gasteiger partial charge in [0.15, 0.2) is 5.69 Å². The normalized spacial score (nSPS) is 20.8. The molecular formula is C11H15N3O2. The van der Waals surface area contributed by atoms with Gasteiger partial charge in [-0.05, 0) is 19.1 Å². The summed E-state index contributed by atoms with van der Waals surface area (Å²) in [6, 6.07) is 3.47. The molecular weight excluding hydrogens is 206 g/mol. The Bertz CT molecular complexity index is 395. The molecule has 0 spiro atoms. The second-order valence-electron chi connectivity index (χ2n) is 3.86. The van der Waals surface area contributed by atoms with Crippen LogP contribution < -0.4 is 5.73 Å². The van der Waals surface area contributed by atoms with Crippen molar-refractivity contribution in [3.8, 4) is 0 Å². The summed E-state index contributed by atoms with van der Waals surface area (Å²) in [5.41, 5.74) is 6.48. The molecule has 1 aromatic heterocycles. The number of pyridine rings is 1. The molecule has 0 saturated carbocycles. The molecule has 1 aliphatic rings. The molecule has 1 atom stereocenters. The van der Waals surface area contributed by atoms with E-state index < -0.39 is 0 Å². The Morgan fingerprint density at radius 2 is 2.50 bits per heavy atom. The van der Waals surface area contributed by atoms with E-state index in [0.29, 0.717) is 31.1 Å². The van der Waals surface area contributed by atoms with Crippen molar-refractivity contribution >= 4 is 11.6 Å². The molecule has 2 heterocycles. The Labute approximate surface area is 94.2 Å². The number of nitrogens with zero attached hydrogens (tertiary/aromatic N) is 2. The number of hydrogen-bond acceptors (Lipinski definition) is 4. The lowest BCUT2D eigenvalue weighted by atomic mass is 10.2. The number of hydrogen-bond donors (Lipinski definition) is 1.